The molecule has 1 heterocycles. The van der Waals surface area contributed by atoms with Gasteiger partial charge in [0.15, 0.2) is 11.5 Å². The van der Waals surface area contributed by atoms with Gasteiger partial charge >= 0.3 is 35.8 Å². The van der Waals surface area contributed by atoms with Crippen molar-refractivity contribution < 1.29 is 57.2 Å². The van der Waals surface area contributed by atoms with Gasteiger partial charge in [-0.15, -0.1) is 11.3 Å². The Hall–Kier alpha value is -5.36. The van der Waals surface area contributed by atoms with E-state index in [0.29, 0.717) is 141 Å². The second-order valence-corrected chi connectivity index (χ2v) is 27.3. The van der Waals surface area contributed by atoms with Crippen LogP contribution >= 0.6 is 11.3 Å². The number of nitrogens with zero attached hydrogens (tertiary/aromatic N) is 2. The minimum atomic E-state index is -0.415. The van der Waals surface area contributed by atoms with E-state index in [9.17, 15) is 34.0 Å². The Bertz CT molecular complexity index is 2510. The summed E-state index contributed by atoms with van der Waals surface area (Å²) in [6.07, 6.45) is 16.0. The zero-order valence-electron chi connectivity index (χ0n) is 47.6. The van der Waals surface area contributed by atoms with Gasteiger partial charge < -0.3 is 28.4 Å². The summed E-state index contributed by atoms with van der Waals surface area (Å²) in [6, 6.07) is 12.4. The fourth-order valence-electron chi connectivity index (χ4n) is 13.4. The average molecular weight is 1110 g/mol. The molecule has 0 spiro atoms. The highest BCUT2D eigenvalue weighted by Gasteiger charge is 2.40. The summed E-state index contributed by atoms with van der Waals surface area (Å²) >= 11 is 1.30. The minimum absolute atomic E-state index is 0.0315. The van der Waals surface area contributed by atoms with E-state index in [1.807, 2.05) is 0 Å². The standard InChI is InChI=1S/C64H84N2O12S/c1-63(2,3)46-23-11-40(12-24-46)57(67)73-48-27-15-42(16-28-48)59(69)75-50-31-19-44(20-32-50)61(71)77-52-35-36-53(55-54(52)66-56(79-55)39-9-7-38(37-65)8-10-39)78-62(72)45-21-33-51(34-22-45)76-60(70)43-17-29-49(30-18-43)74-58(68)41-13-25-47(26-14-41)64(4,5)6/h7-10,35-36,40-51H,11-34H2,1-6H3/t40?,41?,42-,43-,44?,45-,46?,47?,48-,49-,50?,51-. The maximum Gasteiger partial charge on any atom is 0.314 e. The van der Waals surface area contributed by atoms with Crippen LogP contribution in [0.5, 0.6) is 11.5 Å². The minimum Gasteiger partial charge on any atom is -0.462 e. The Kier molecular flexibility index (Phi) is 18.9. The molecule has 0 N–H and O–H groups in total. The Balaban J connectivity index is 0.724. The Morgan fingerprint density at radius 3 is 1.06 bits per heavy atom. The van der Waals surface area contributed by atoms with Crippen molar-refractivity contribution in [2.45, 2.75) is 220 Å². The molecule has 428 valence electrons. The van der Waals surface area contributed by atoms with Crippen molar-refractivity contribution in [2.75, 3.05) is 0 Å². The molecule has 0 saturated heterocycles. The third kappa shape index (κ3) is 15.0. The van der Waals surface area contributed by atoms with Gasteiger partial charge in [-0.2, -0.15) is 5.26 Å². The Morgan fingerprint density at radius 1 is 0.430 bits per heavy atom. The molecule has 79 heavy (non-hydrogen) atoms. The molecule has 1 aromatic heterocycles. The van der Waals surface area contributed by atoms with Crippen LogP contribution in [0.25, 0.3) is 20.8 Å². The molecule has 0 radical (unpaired) electrons. The number of thiazole rings is 1. The largest absolute Gasteiger partial charge is 0.462 e. The second kappa shape index (κ2) is 25.6. The molecule has 6 saturated carbocycles. The molecule has 0 atom stereocenters. The lowest BCUT2D eigenvalue weighted by Crippen LogP contribution is -2.35. The van der Waals surface area contributed by atoms with E-state index in [4.69, 9.17) is 33.4 Å². The molecule has 3 aromatic rings. The quantitative estimate of drug-likeness (QED) is 0.0891. The smallest absolute Gasteiger partial charge is 0.314 e. The molecule has 6 fully saturated rings. The van der Waals surface area contributed by atoms with Crippen LogP contribution in [0.4, 0.5) is 0 Å². The fraction of sp³-hybridized carbons (Fsp3) is 0.688. The van der Waals surface area contributed by atoms with E-state index in [2.05, 4.69) is 47.6 Å². The summed E-state index contributed by atoms with van der Waals surface area (Å²) < 4.78 is 36.7. The molecule has 2 aromatic carbocycles. The zero-order chi connectivity index (χ0) is 56.0. The molecule has 9 rings (SSSR count). The zero-order valence-corrected chi connectivity index (χ0v) is 48.4. The van der Waals surface area contributed by atoms with Gasteiger partial charge in [-0.05, 0) is 201 Å². The Morgan fingerprint density at radius 2 is 0.734 bits per heavy atom. The lowest BCUT2D eigenvalue weighted by atomic mass is 9.70. The van der Waals surface area contributed by atoms with Gasteiger partial charge in [-0.1, -0.05) is 53.7 Å². The monoisotopic (exact) mass is 1100 g/mol. The second-order valence-electron chi connectivity index (χ2n) is 26.3. The van der Waals surface area contributed by atoms with Gasteiger partial charge in [-0.25, -0.2) is 4.98 Å². The van der Waals surface area contributed by atoms with Crippen molar-refractivity contribution in [2.24, 2.45) is 58.2 Å². The number of ether oxygens (including phenoxy) is 6. The lowest BCUT2D eigenvalue weighted by Gasteiger charge is -2.37. The topological polar surface area (TPSA) is 194 Å². The number of fused-ring (bicyclic) bond motifs is 1. The molecule has 6 aliphatic rings. The summed E-state index contributed by atoms with van der Waals surface area (Å²) in [4.78, 5) is 85.3. The van der Waals surface area contributed by atoms with Crippen molar-refractivity contribution >= 4 is 57.4 Å². The lowest BCUT2D eigenvalue weighted by molar-refractivity contribution is -0.164. The van der Waals surface area contributed by atoms with Gasteiger partial charge in [0.2, 0.25) is 0 Å². The van der Waals surface area contributed by atoms with Crippen LogP contribution in [0.2, 0.25) is 0 Å². The van der Waals surface area contributed by atoms with Crippen LogP contribution < -0.4 is 9.47 Å². The van der Waals surface area contributed by atoms with Crippen molar-refractivity contribution in [3.8, 4) is 28.1 Å². The predicted octanol–water partition coefficient (Wildman–Crippen LogP) is 13.8. The highest BCUT2D eigenvalue weighted by atomic mass is 32.1. The van der Waals surface area contributed by atoms with Crippen molar-refractivity contribution in [3.05, 3.63) is 42.0 Å². The first kappa shape index (κ1) is 58.3. The van der Waals surface area contributed by atoms with Gasteiger partial charge in [0.1, 0.15) is 39.6 Å². The van der Waals surface area contributed by atoms with Crippen LogP contribution in [0.1, 0.15) is 201 Å². The normalized spacial score (nSPS) is 29.7. The molecular formula is C64H84N2O12S. The molecule has 6 aliphatic carbocycles. The molecule has 14 nitrogen and oxygen atoms in total. The fourth-order valence-corrected chi connectivity index (χ4v) is 14.5. The number of hydrogen-bond acceptors (Lipinski definition) is 15. The maximum atomic E-state index is 13.8. The number of rotatable bonds is 13. The summed E-state index contributed by atoms with van der Waals surface area (Å²) in [5, 5.41) is 10.0. The molecule has 0 bridgehead atoms. The summed E-state index contributed by atoms with van der Waals surface area (Å²) in [7, 11) is 0. The summed E-state index contributed by atoms with van der Waals surface area (Å²) in [5.74, 6) is -0.966. The van der Waals surface area contributed by atoms with Crippen LogP contribution in [-0.2, 0) is 47.7 Å². The maximum absolute atomic E-state index is 13.8. The highest BCUT2D eigenvalue weighted by molar-refractivity contribution is 7.22. The van der Waals surface area contributed by atoms with E-state index < -0.39 is 23.8 Å². The number of esters is 6. The van der Waals surface area contributed by atoms with Gasteiger partial charge in [0, 0.05) is 5.56 Å². The van der Waals surface area contributed by atoms with Crippen LogP contribution in [-0.4, -0.2) is 65.2 Å². The third-order valence-corrected chi connectivity index (χ3v) is 20.0. The van der Waals surface area contributed by atoms with Gasteiger partial charge in [0.25, 0.3) is 0 Å². The Labute approximate surface area is 471 Å². The van der Waals surface area contributed by atoms with Gasteiger partial charge in [-0.3, -0.25) is 28.8 Å². The summed E-state index contributed by atoms with van der Waals surface area (Å²) in [6.45, 7) is 13.6. The molecule has 15 heteroatoms. The van der Waals surface area contributed by atoms with Crippen molar-refractivity contribution in [1.29, 1.82) is 5.26 Å². The van der Waals surface area contributed by atoms with Crippen molar-refractivity contribution in [1.82, 2.24) is 4.98 Å². The third-order valence-electron chi connectivity index (χ3n) is 18.9. The van der Waals surface area contributed by atoms with Crippen LogP contribution in [0, 0.1) is 69.5 Å². The molecular weight excluding hydrogens is 1020 g/mol. The first-order valence-electron chi connectivity index (χ1n) is 30.0. The molecule has 0 amide bonds. The summed E-state index contributed by atoms with van der Waals surface area (Å²) in [5.41, 5.74) is 2.13. The van der Waals surface area contributed by atoms with Crippen molar-refractivity contribution in [3.63, 3.8) is 0 Å². The van der Waals surface area contributed by atoms with E-state index in [1.54, 1.807) is 36.4 Å². The number of hydrogen-bond donors (Lipinski definition) is 0. The average Bonchev–Trinajstić information content (AvgIpc) is 3.93. The number of nitriles is 1. The number of benzene rings is 2. The first-order valence-corrected chi connectivity index (χ1v) is 30.8. The van der Waals surface area contributed by atoms with E-state index in [0.717, 1.165) is 56.9 Å². The van der Waals surface area contributed by atoms with Crippen LogP contribution in [0.15, 0.2) is 36.4 Å². The highest BCUT2D eigenvalue weighted by Crippen LogP contribution is 2.45. The predicted molar refractivity (Wildman–Crippen MR) is 298 cm³/mol. The van der Waals surface area contributed by atoms with E-state index in [-0.39, 0.29) is 88.5 Å². The number of carbonyl (C=O) groups excluding carboxylic acids is 6. The number of aromatic nitrogens is 1. The first-order chi connectivity index (χ1) is 37.8. The van der Waals surface area contributed by atoms with Crippen LogP contribution in [0.3, 0.4) is 0 Å². The van der Waals surface area contributed by atoms with Gasteiger partial charge in [0.05, 0.1) is 47.1 Å². The molecule has 0 aliphatic heterocycles. The number of carbonyl (C=O) groups is 6. The van der Waals surface area contributed by atoms with E-state index in [1.165, 1.54) is 11.3 Å². The molecule has 0 unspecified atom stereocenters. The van der Waals surface area contributed by atoms with E-state index >= 15 is 0 Å². The SMILES string of the molecule is CC(C)(C)C1CCC(C(=O)O[C@H]2CC[C@H](C(=O)OC3CCC(C(=O)Oc4ccc(OC(=O)[C@H]5CC[C@H](OC(=O)[C@H]6CC[C@H](OC(=O)C7CCC(C(C)(C)C)CC7)CC6)CC5)c5sc(-c6ccc(C#N)cc6)nc45)CC3)CC2)CC1.